The van der Waals surface area contributed by atoms with Gasteiger partial charge in [0, 0.05) is 11.8 Å². The summed E-state index contributed by atoms with van der Waals surface area (Å²) in [5, 5.41) is 0. The Bertz CT molecular complexity index is 1390. The second kappa shape index (κ2) is 9.11. The summed E-state index contributed by atoms with van der Waals surface area (Å²) in [5.74, 6) is 2.19. The molecule has 2 aromatic carbocycles. The third kappa shape index (κ3) is 4.18. The summed E-state index contributed by atoms with van der Waals surface area (Å²) in [6.45, 7) is 28.3. The smallest absolute Gasteiger partial charge is 0.00929 e. The van der Waals surface area contributed by atoms with Crippen molar-refractivity contribution in [2.75, 3.05) is 0 Å². The van der Waals surface area contributed by atoms with Gasteiger partial charge in [-0.2, -0.15) is 0 Å². The number of fused-ring (bicyclic) bond motifs is 4. The molecule has 0 fully saturated rings. The molecule has 0 nitrogen and oxygen atoms in total. The van der Waals surface area contributed by atoms with E-state index in [2.05, 4.69) is 120 Å². The minimum Gasteiger partial charge on any atom is -0.0761 e. The normalized spacial score (nSPS) is 24.5. The first kappa shape index (κ1) is 27.2. The maximum Gasteiger partial charge on any atom is 0.00929 e. The standard InChI is InChI=1S/C38H50/c1-21-22(2)25(5)36-29(23(3)26(6)35(36)24(21)4)17-18-32-33-19-27(37(7,8)9)13-15-30(33)31-16-14-28(20-34(31)32)38(10,11)12/h13-16,19-20,29-30,32-33H,17-18H2,1-12H3. The average molecular weight is 507 g/mol. The van der Waals surface area contributed by atoms with Crippen LogP contribution in [0.15, 0.2) is 47.6 Å². The second-order valence-electron chi connectivity index (χ2n) is 14.8. The molecule has 0 amide bonds. The molecule has 0 saturated heterocycles. The molecule has 0 heteroatoms. The Hall–Kier alpha value is -2.34. The van der Waals surface area contributed by atoms with E-state index in [0.717, 1.165) is 0 Å². The number of allylic oxidation sites excluding steroid dienone is 6. The molecule has 0 N–H and O–H groups in total. The van der Waals surface area contributed by atoms with Crippen LogP contribution in [0, 0.1) is 39.0 Å². The summed E-state index contributed by atoms with van der Waals surface area (Å²) in [7, 11) is 0. The summed E-state index contributed by atoms with van der Waals surface area (Å²) < 4.78 is 0. The molecule has 0 saturated carbocycles. The summed E-state index contributed by atoms with van der Waals surface area (Å²) in [6, 6.07) is 7.44. The molecule has 4 atom stereocenters. The Morgan fingerprint density at radius 3 is 2.00 bits per heavy atom. The van der Waals surface area contributed by atoms with Gasteiger partial charge in [-0.1, -0.05) is 83.5 Å². The van der Waals surface area contributed by atoms with Crippen molar-refractivity contribution in [1.82, 2.24) is 0 Å². The van der Waals surface area contributed by atoms with Gasteiger partial charge in [0.15, 0.2) is 0 Å². The Morgan fingerprint density at radius 1 is 0.711 bits per heavy atom. The molecule has 202 valence electrons. The fourth-order valence-corrected chi connectivity index (χ4v) is 7.74. The minimum absolute atomic E-state index is 0.167. The topological polar surface area (TPSA) is 0 Å². The summed E-state index contributed by atoms with van der Waals surface area (Å²) in [5.41, 5.74) is 18.8. The zero-order valence-electron chi connectivity index (χ0n) is 26.2. The van der Waals surface area contributed by atoms with E-state index in [1.807, 2.05) is 0 Å². The number of rotatable bonds is 3. The lowest BCUT2D eigenvalue weighted by Crippen LogP contribution is -2.18. The first-order chi connectivity index (χ1) is 17.6. The second-order valence-corrected chi connectivity index (χ2v) is 14.8. The fraction of sp³-hybridized carbons (Fsp3) is 0.526. The van der Waals surface area contributed by atoms with Crippen molar-refractivity contribution in [2.45, 2.75) is 119 Å². The molecule has 3 aliphatic carbocycles. The van der Waals surface area contributed by atoms with Crippen LogP contribution in [0.25, 0.3) is 5.57 Å². The Balaban J connectivity index is 1.56. The molecular weight excluding hydrogens is 456 g/mol. The lowest BCUT2D eigenvalue weighted by Gasteiger charge is -2.31. The molecular formula is C38H50. The Morgan fingerprint density at radius 2 is 1.37 bits per heavy atom. The predicted molar refractivity (Wildman–Crippen MR) is 166 cm³/mol. The van der Waals surface area contributed by atoms with Gasteiger partial charge in [-0.3, -0.25) is 0 Å². The van der Waals surface area contributed by atoms with Gasteiger partial charge in [0.2, 0.25) is 0 Å². The lowest BCUT2D eigenvalue weighted by molar-refractivity contribution is 0.438. The average Bonchev–Trinajstić information content (AvgIpc) is 3.29. The molecule has 3 aliphatic rings. The van der Waals surface area contributed by atoms with Gasteiger partial charge in [0.1, 0.15) is 0 Å². The van der Waals surface area contributed by atoms with Gasteiger partial charge < -0.3 is 0 Å². The maximum absolute atomic E-state index is 2.66. The van der Waals surface area contributed by atoms with Crippen LogP contribution in [0.3, 0.4) is 0 Å². The van der Waals surface area contributed by atoms with Gasteiger partial charge in [0.05, 0.1) is 0 Å². The fourth-order valence-electron chi connectivity index (χ4n) is 7.74. The van der Waals surface area contributed by atoms with Crippen LogP contribution in [-0.4, -0.2) is 0 Å². The summed E-state index contributed by atoms with van der Waals surface area (Å²) >= 11 is 0. The Kier molecular flexibility index (Phi) is 6.53. The van der Waals surface area contributed by atoms with Crippen LogP contribution >= 0.6 is 0 Å². The van der Waals surface area contributed by atoms with Crippen molar-refractivity contribution < 1.29 is 0 Å². The van der Waals surface area contributed by atoms with E-state index >= 15 is 0 Å². The quantitative estimate of drug-likeness (QED) is 0.388. The zero-order chi connectivity index (χ0) is 27.9. The molecule has 2 aromatic rings. The first-order valence-corrected chi connectivity index (χ1v) is 15.0. The van der Waals surface area contributed by atoms with Gasteiger partial charge >= 0.3 is 0 Å². The van der Waals surface area contributed by atoms with Crippen molar-refractivity contribution in [1.29, 1.82) is 0 Å². The van der Waals surface area contributed by atoms with E-state index in [4.69, 9.17) is 0 Å². The molecule has 0 aliphatic heterocycles. The third-order valence-electron chi connectivity index (χ3n) is 10.7. The lowest BCUT2D eigenvalue weighted by atomic mass is 9.73. The van der Waals surface area contributed by atoms with Crippen LogP contribution in [-0.2, 0) is 5.41 Å². The highest BCUT2D eigenvalue weighted by Crippen LogP contribution is 2.56. The van der Waals surface area contributed by atoms with Crippen molar-refractivity contribution in [3.05, 3.63) is 97.6 Å². The molecule has 38 heavy (non-hydrogen) atoms. The third-order valence-corrected chi connectivity index (χ3v) is 10.7. The van der Waals surface area contributed by atoms with Gasteiger partial charge in [-0.05, 0) is 138 Å². The van der Waals surface area contributed by atoms with E-state index in [1.54, 1.807) is 27.8 Å². The predicted octanol–water partition coefficient (Wildman–Crippen LogP) is 10.9. The molecule has 0 radical (unpaired) electrons. The minimum atomic E-state index is 0.167. The van der Waals surface area contributed by atoms with Crippen LogP contribution in [0.2, 0.25) is 0 Å². The Labute approximate surface area is 233 Å². The van der Waals surface area contributed by atoms with Crippen LogP contribution in [0.5, 0.6) is 0 Å². The number of benzene rings is 2. The van der Waals surface area contributed by atoms with Crippen molar-refractivity contribution >= 4 is 5.57 Å². The highest BCUT2D eigenvalue weighted by molar-refractivity contribution is 5.81. The van der Waals surface area contributed by atoms with E-state index in [0.29, 0.717) is 23.7 Å². The van der Waals surface area contributed by atoms with Gasteiger partial charge in [-0.25, -0.2) is 0 Å². The number of hydrogen-bond donors (Lipinski definition) is 0. The molecule has 0 bridgehead atoms. The van der Waals surface area contributed by atoms with E-state index < -0.39 is 0 Å². The molecule has 5 rings (SSSR count). The summed E-state index contributed by atoms with van der Waals surface area (Å²) in [4.78, 5) is 0. The van der Waals surface area contributed by atoms with E-state index in [9.17, 15) is 0 Å². The van der Waals surface area contributed by atoms with Crippen molar-refractivity contribution in [2.24, 2.45) is 11.3 Å². The maximum atomic E-state index is 2.66. The molecule has 0 heterocycles. The van der Waals surface area contributed by atoms with Crippen molar-refractivity contribution in [3.63, 3.8) is 0 Å². The monoisotopic (exact) mass is 506 g/mol. The molecule has 0 aromatic heterocycles. The van der Waals surface area contributed by atoms with Gasteiger partial charge in [-0.15, -0.1) is 0 Å². The molecule has 0 spiro atoms. The highest BCUT2D eigenvalue weighted by Gasteiger charge is 2.42. The zero-order valence-corrected chi connectivity index (χ0v) is 26.2. The van der Waals surface area contributed by atoms with E-state index in [-0.39, 0.29) is 10.8 Å². The largest absolute Gasteiger partial charge is 0.0761 e. The highest BCUT2D eigenvalue weighted by atomic mass is 14.5. The van der Waals surface area contributed by atoms with E-state index in [1.165, 1.54) is 51.8 Å². The van der Waals surface area contributed by atoms with Crippen molar-refractivity contribution in [3.8, 4) is 0 Å². The molecule has 4 unspecified atom stereocenters. The number of hydrogen-bond acceptors (Lipinski definition) is 0. The van der Waals surface area contributed by atoms with Crippen LogP contribution < -0.4 is 0 Å². The summed E-state index contributed by atoms with van der Waals surface area (Å²) in [6.07, 6.45) is 10.1. The SMILES string of the molecule is CC1=C(C)C(CCC2c3cc(C(C)(C)C)ccc3C3C=CC(C(C)(C)C)=CC32)c2c(C)c(C)c(C)c(C)c21. The van der Waals surface area contributed by atoms with Crippen LogP contribution in [0.1, 0.15) is 136 Å². The first-order valence-electron chi connectivity index (χ1n) is 15.0. The van der Waals surface area contributed by atoms with Crippen LogP contribution in [0.4, 0.5) is 0 Å². The van der Waals surface area contributed by atoms with Gasteiger partial charge in [0.25, 0.3) is 0 Å².